The highest BCUT2D eigenvalue weighted by Crippen LogP contribution is 2.39. The smallest absolute Gasteiger partial charge is 0.222 e. The molecule has 1 aromatic heterocycles. The zero-order valence-corrected chi connectivity index (χ0v) is 16.1. The van der Waals surface area contributed by atoms with Crippen molar-refractivity contribution in [3.05, 3.63) is 70.5 Å². The minimum Gasteiger partial charge on any atom is -0.461 e. The average molecular weight is 394 g/mol. The molecule has 1 atom stereocenters. The molecule has 0 saturated heterocycles. The molecule has 0 radical (unpaired) electrons. The van der Waals surface area contributed by atoms with Crippen molar-refractivity contribution >= 4 is 23.2 Å². The van der Waals surface area contributed by atoms with Gasteiger partial charge in [-0.3, -0.25) is 0 Å². The van der Waals surface area contributed by atoms with Gasteiger partial charge >= 0.3 is 0 Å². The van der Waals surface area contributed by atoms with Gasteiger partial charge in [-0.1, -0.05) is 49.1 Å². The Morgan fingerprint density at radius 2 is 1.75 bits per heavy atom. The van der Waals surface area contributed by atoms with E-state index in [2.05, 4.69) is 15.5 Å². The van der Waals surface area contributed by atoms with Gasteiger partial charge in [-0.15, -0.1) is 5.10 Å². The van der Waals surface area contributed by atoms with Gasteiger partial charge < -0.3 is 4.74 Å². The first-order valence-corrected chi connectivity index (χ1v) is 10.1. The predicted molar refractivity (Wildman–Crippen MR) is 107 cm³/mol. The lowest BCUT2D eigenvalue weighted by molar-refractivity contribution is 0.200. The fraction of sp³-hybridized carbons (Fsp3) is 0.333. The second-order valence-corrected chi connectivity index (χ2v) is 7.69. The van der Waals surface area contributed by atoms with Crippen molar-refractivity contribution in [2.24, 2.45) is 4.99 Å². The molecule has 142 valence electrons. The van der Waals surface area contributed by atoms with E-state index in [1.807, 2.05) is 53.2 Å². The molecule has 2 aromatic carbocycles. The van der Waals surface area contributed by atoms with E-state index in [0.717, 1.165) is 35.5 Å². The number of nitrogens with zero attached hydrogens (tertiary/aromatic N) is 5. The first-order chi connectivity index (χ1) is 13.8. The summed E-state index contributed by atoms with van der Waals surface area (Å²) in [4.78, 5) is 4.72. The van der Waals surface area contributed by atoms with Crippen LogP contribution in [0.25, 0.3) is 0 Å². The largest absolute Gasteiger partial charge is 0.461 e. The van der Waals surface area contributed by atoms with Crippen LogP contribution >= 0.6 is 11.6 Å². The summed E-state index contributed by atoms with van der Waals surface area (Å²) in [6.45, 7) is 0. The van der Waals surface area contributed by atoms with Crippen LogP contribution in [-0.4, -0.2) is 26.1 Å². The lowest BCUT2D eigenvalue weighted by Crippen LogP contribution is -2.24. The van der Waals surface area contributed by atoms with Crippen molar-refractivity contribution in [3.63, 3.8) is 0 Å². The normalized spacial score (nSPS) is 19.6. The molecule has 1 fully saturated rings. The highest BCUT2D eigenvalue weighted by atomic mass is 35.5. The maximum atomic E-state index is 6.36. The van der Waals surface area contributed by atoms with E-state index in [1.165, 1.54) is 19.3 Å². The molecular formula is C21H20ClN5O. The molecule has 1 aliphatic heterocycles. The fourth-order valence-electron chi connectivity index (χ4n) is 4.00. The predicted octanol–water partition coefficient (Wildman–Crippen LogP) is 5.03. The number of hydrogen-bond donors (Lipinski definition) is 0. The lowest BCUT2D eigenvalue weighted by atomic mass is 9.95. The Labute approximate surface area is 168 Å². The summed E-state index contributed by atoms with van der Waals surface area (Å²) in [5.74, 6) is 1.29. The summed E-state index contributed by atoms with van der Waals surface area (Å²) in [6, 6.07) is 15.8. The SMILES string of the molecule is Clc1ccc(C2=Nc3ccccc3C(c3nnnn3C3CCCCC3)O2)cc1. The zero-order chi connectivity index (χ0) is 18.9. The van der Waals surface area contributed by atoms with Gasteiger partial charge in [0.05, 0.1) is 11.7 Å². The third kappa shape index (κ3) is 3.18. The molecule has 0 spiro atoms. The van der Waals surface area contributed by atoms with E-state index < -0.39 is 6.10 Å². The number of halogens is 1. The first-order valence-electron chi connectivity index (χ1n) is 9.67. The molecule has 3 aromatic rings. The molecule has 1 saturated carbocycles. The molecule has 0 N–H and O–H groups in total. The van der Waals surface area contributed by atoms with Crippen molar-refractivity contribution in [2.45, 2.75) is 44.2 Å². The summed E-state index contributed by atoms with van der Waals surface area (Å²) >= 11 is 6.04. The van der Waals surface area contributed by atoms with E-state index in [1.54, 1.807) is 0 Å². The van der Waals surface area contributed by atoms with Crippen molar-refractivity contribution in [1.29, 1.82) is 0 Å². The Hall–Kier alpha value is -2.73. The number of aromatic nitrogens is 4. The molecule has 1 aliphatic carbocycles. The Morgan fingerprint density at radius 3 is 2.57 bits per heavy atom. The van der Waals surface area contributed by atoms with Crippen molar-refractivity contribution in [2.75, 3.05) is 0 Å². The van der Waals surface area contributed by atoms with Gasteiger partial charge in [0, 0.05) is 16.1 Å². The number of aliphatic imine (C=N–C) groups is 1. The fourth-order valence-corrected chi connectivity index (χ4v) is 4.12. The molecule has 2 heterocycles. The molecular weight excluding hydrogens is 374 g/mol. The summed E-state index contributed by atoms with van der Waals surface area (Å²) in [5, 5.41) is 13.3. The van der Waals surface area contributed by atoms with Crippen LogP contribution in [0, 0.1) is 0 Å². The van der Waals surface area contributed by atoms with Crippen LogP contribution in [0.5, 0.6) is 0 Å². The molecule has 5 rings (SSSR count). The van der Waals surface area contributed by atoms with Crippen LogP contribution in [0.3, 0.4) is 0 Å². The molecule has 2 aliphatic rings. The standard InChI is InChI=1S/C21H20ClN5O/c22-15-12-10-14(11-13-15)21-23-18-9-5-4-8-17(18)19(28-21)20-24-25-26-27(20)16-6-2-1-3-7-16/h4-5,8-13,16,19H,1-3,6-7H2. The third-order valence-corrected chi connectivity index (χ3v) is 5.69. The van der Waals surface area contributed by atoms with Crippen LogP contribution in [0.2, 0.25) is 5.02 Å². The Balaban J connectivity index is 1.56. The summed E-state index contributed by atoms with van der Waals surface area (Å²) < 4.78 is 8.32. The number of fused-ring (bicyclic) bond motifs is 1. The van der Waals surface area contributed by atoms with Crippen LogP contribution in [0.4, 0.5) is 5.69 Å². The van der Waals surface area contributed by atoms with E-state index in [4.69, 9.17) is 21.3 Å². The maximum Gasteiger partial charge on any atom is 0.222 e. The number of para-hydroxylation sites is 1. The number of hydrogen-bond acceptors (Lipinski definition) is 5. The van der Waals surface area contributed by atoms with E-state index in [0.29, 0.717) is 17.0 Å². The Bertz CT molecular complexity index is 1010. The number of ether oxygens (including phenoxy) is 1. The van der Waals surface area contributed by atoms with Crippen LogP contribution in [-0.2, 0) is 4.74 Å². The number of tetrazole rings is 1. The summed E-state index contributed by atoms with van der Waals surface area (Å²) in [5.41, 5.74) is 2.73. The Morgan fingerprint density at radius 1 is 0.964 bits per heavy atom. The second kappa shape index (κ2) is 7.36. The second-order valence-electron chi connectivity index (χ2n) is 7.25. The number of rotatable bonds is 3. The topological polar surface area (TPSA) is 65.2 Å². The van der Waals surface area contributed by atoms with Crippen molar-refractivity contribution < 1.29 is 4.74 Å². The van der Waals surface area contributed by atoms with E-state index in [9.17, 15) is 0 Å². The average Bonchev–Trinajstić information content (AvgIpc) is 3.24. The first kappa shape index (κ1) is 17.4. The van der Waals surface area contributed by atoms with Crippen LogP contribution in [0.1, 0.15) is 61.2 Å². The number of benzene rings is 2. The molecule has 6 nitrogen and oxygen atoms in total. The minimum atomic E-state index is -0.392. The van der Waals surface area contributed by atoms with E-state index >= 15 is 0 Å². The molecule has 0 amide bonds. The molecule has 0 bridgehead atoms. The zero-order valence-electron chi connectivity index (χ0n) is 15.3. The quantitative estimate of drug-likeness (QED) is 0.626. The van der Waals surface area contributed by atoms with Crippen molar-refractivity contribution in [3.8, 4) is 0 Å². The summed E-state index contributed by atoms with van der Waals surface area (Å²) in [7, 11) is 0. The van der Waals surface area contributed by atoms with E-state index in [-0.39, 0.29) is 0 Å². The highest BCUT2D eigenvalue weighted by molar-refractivity contribution is 6.30. The van der Waals surface area contributed by atoms with Gasteiger partial charge in [0.2, 0.25) is 5.90 Å². The third-order valence-electron chi connectivity index (χ3n) is 5.44. The molecule has 1 unspecified atom stereocenters. The minimum absolute atomic E-state index is 0.326. The highest BCUT2D eigenvalue weighted by Gasteiger charge is 2.32. The van der Waals surface area contributed by atoms with Crippen LogP contribution < -0.4 is 0 Å². The van der Waals surface area contributed by atoms with Gasteiger partial charge in [-0.05, 0) is 53.6 Å². The van der Waals surface area contributed by atoms with Gasteiger partial charge in [0.1, 0.15) is 0 Å². The van der Waals surface area contributed by atoms with Crippen LogP contribution in [0.15, 0.2) is 53.5 Å². The molecule has 28 heavy (non-hydrogen) atoms. The van der Waals surface area contributed by atoms with Gasteiger partial charge in [-0.2, -0.15) is 0 Å². The van der Waals surface area contributed by atoms with Gasteiger partial charge in [0.25, 0.3) is 0 Å². The van der Waals surface area contributed by atoms with Crippen molar-refractivity contribution in [1.82, 2.24) is 20.2 Å². The maximum absolute atomic E-state index is 6.36. The van der Waals surface area contributed by atoms with Gasteiger partial charge in [0.15, 0.2) is 11.9 Å². The Kier molecular flexibility index (Phi) is 4.56. The lowest BCUT2D eigenvalue weighted by Gasteiger charge is -2.28. The monoisotopic (exact) mass is 393 g/mol. The molecule has 7 heteroatoms. The summed E-state index contributed by atoms with van der Waals surface area (Å²) in [6.07, 6.45) is 5.52. The van der Waals surface area contributed by atoms with Gasteiger partial charge in [-0.25, -0.2) is 9.67 Å².